The molecule has 0 aromatic heterocycles. The zero-order valence-electron chi connectivity index (χ0n) is 17.4. The summed E-state index contributed by atoms with van der Waals surface area (Å²) in [7, 11) is 3.28. The van der Waals surface area contributed by atoms with Crippen LogP contribution in [-0.2, 0) is 6.54 Å². The first-order chi connectivity index (χ1) is 12.4. The number of nitrogens with one attached hydrogen (secondary N) is 2. The highest BCUT2D eigenvalue weighted by molar-refractivity contribution is 5.79. The van der Waals surface area contributed by atoms with Crippen LogP contribution in [0.4, 0.5) is 0 Å². The average molecular weight is 365 g/mol. The van der Waals surface area contributed by atoms with Gasteiger partial charge in [0.15, 0.2) is 17.5 Å². The van der Waals surface area contributed by atoms with E-state index >= 15 is 0 Å². The maximum atomic E-state index is 5.36. The first-order valence-electron chi connectivity index (χ1n) is 9.41. The molecule has 0 fully saturated rings. The standard InChI is InChI=1S/C20H36N4O2/c1-8-21-20(22-11-12-24(15(2)3)16(4)5)23-14-17-9-10-18(25-6)19(13-17)26-7/h9-10,13,15-16H,8,11-12,14H2,1-7H3,(H2,21,22,23). The van der Waals surface area contributed by atoms with Gasteiger partial charge in [-0.1, -0.05) is 6.07 Å². The fourth-order valence-electron chi connectivity index (χ4n) is 2.91. The predicted molar refractivity (Wildman–Crippen MR) is 109 cm³/mol. The second-order valence-corrected chi connectivity index (χ2v) is 6.74. The molecular weight excluding hydrogens is 328 g/mol. The van der Waals surface area contributed by atoms with E-state index in [4.69, 9.17) is 9.47 Å². The van der Waals surface area contributed by atoms with Crippen LogP contribution in [0.1, 0.15) is 40.2 Å². The maximum absolute atomic E-state index is 5.36. The molecule has 6 nitrogen and oxygen atoms in total. The maximum Gasteiger partial charge on any atom is 0.191 e. The summed E-state index contributed by atoms with van der Waals surface area (Å²) >= 11 is 0. The minimum Gasteiger partial charge on any atom is -0.493 e. The Morgan fingerprint density at radius 3 is 2.23 bits per heavy atom. The fraction of sp³-hybridized carbons (Fsp3) is 0.650. The lowest BCUT2D eigenvalue weighted by Crippen LogP contribution is -2.45. The largest absolute Gasteiger partial charge is 0.493 e. The molecule has 0 aliphatic heterocycles. The molecule has 0 atom stereocenters. The smallest absolute Gasteiger partial charge is 0.191 e. The molecule has 0 heterocycles. The van der Waals surface area contributed by atoms with E-state index in [0.717, 1.165) is 42.7 Å². The van der Waals surface area contributed by atoms with Gasteiger partial charge in [0.2, 0.25) is 0 Å². The fourth-order valence-corrected chi connectivity index (χ4v) is 2.91. The number of hydrogen-bond acceptors (Lipinski definition) is 4. The summed E-state index contributed by atoms with van der Waals surface area (Å²) in [5.74, 6) is 2.28. The number of guanidine groups is 1. The predicted octanol–water partition coefficient (Wildman–Crippen LogP) is 2.88. The molecule has 0 saturated heterocycles. The van der Waals surface area contributed by atoms with E-state index in [0.29, 0.717) is 18.6 Å². The van der Waals surface area contributed by atoms with Gasteiger partial charge in [-0.2, -0.15) is 0 Å². The van der Waals surface area contributed by atoms with E-state index in [1.807, 2.05) is 18.2 Å². The number of rotatable bonds is 10. The molecule has 0 aliphatic carbocycles. The summed E-state index contributed by atoms with van der Waals surface area (Å²) < 4.78 is 10.6. The average Bonchev–Trinajstić information content (AvgIpc) is 2.62. The molecule has 0 bridgehead atoms. The lowest BCUT2D eigenvalue weighted by Gasteiger charge is -2.30. The van der Waals surface area contributed by atoms with E-state index in [1.165, 1.54) is 0 Å². The quantitative estimate of drug-likeness (QED) is 0.494. The Labute approximate surface area is 159 Å². The van der Waals surface area contributed by atoms with E-state index < -0.39 is 0 Å². The third kappa shape index (κ3) is 7.12. The third-order valence-electron chi connectivity index (χ3n) is 4.20. The Kier molecular flexibility index (Phi) is 9.88. The second-order valence-electron chi connectivity index (χ2n) is 6.74. The summed E-state index contributed by atoms with van der Waals surface area (Å²) in [5, 5.41) is 6.72. The van der Waals surface area contributed by atoms with Crippen LogP contribution in [0.3, 0.4) is 0 Å². The monoisotopic (exact) mass is 364 g/mol. The molecule has 26 heavy (non-hydrogen) atoms. The number of benzene rings is 1. The lowest BCUT2D eigenvalue weighted by atomic mass is 10.2. The van der Waals surface area contributed by atoms with Crippen LogP contribution < -0.4 is 20.1 Å². The van der Waals surface area contributed by atoms with E-state index in [9.17, 15) is 0 Å². The van der Waals surface area contributed by atoms with Crippen molar-refractivity contribution in [2.45, 2.75) is 53.2 Å². The summed E-state index contributed by atoms with van der Waals surface area (Å²) in [6, 6.07) is 6.94. The zero-order valence-corrected chi connectivity index (χ0v) is 17.4. The number of methoxy groups -OCH3 is 2. The first-order valence-corrected chi connectivity index (χ1v) is 9.41. The van der Waals surface area contributed by atoms with Crippen molar-refractivity contribution in [2.24, 2.45) is 4.99 Å². The zero-order chi connectivity index (χ0) is 19.5. The van der Waals surface area contributed by atoms with Crippen LogP contribution in [-0.4, -0.2) is 56.8 Å². The highest BCUT2D eigenvalue weighted by Gasteiger charge is 2.12. The van der Waals surface area contributed by atoms with Gasteiger partial charge in [0, 0.05) is 31.7 Å². The Morgan fingerprint density at radius 1 is 1.04 bits per heavy atom. The topological polar surface area (TPSA) is 58.1 Å². The minimum absolute atomic E-state index is 0.531. The van der Waals surface area contributed by atoms with Crippen molar-refractivity contribution in [3.8, 4) is 11.5 Å². The Bertz CT molecular complexity index is 551. The number of nitrogens with zero attached hydrogens (tertiary/aromatic N) is 2. The lowest BCUT2D eigenvalue weighted by molar-refractivity contribution is 0.178. The highest BCUT2D eigenvalue weighted by Crippen LogP contribution is 2.27. The van der Waals surface area contributed by atoms with E-state index in [-0.39, 0.29) is 0 Å². The van der Waals surface area contributed by atoms with Crippen LogP contribution >= 0.6 is 0 Å². The minimum atomic E-state index is 0.531. The number of ether oxygens (including phenoxy) is 2. The van der Waals surface area contributed by atoms with Crippen LogP contribution in [0, 0.1) is 0 Å². The van der Waals surface area contributed by atoms with Crippen molar-refractivity contribution in [3.05, 3.63) is 23.8 Å². The van der Waals surface area contributed by atoms with Crippen molar-refractivity contribution >= 4 is 5.96 Å². The Balaban J connectivity index is 2.68. The van der Waals surface area contributed by atoms with Crippen molar-refractivity contribution < 1.29 is 9.47 Å². The molecule has 148 valence electrons. The van der Waals surface area contributed by atoms with Crippen LogP contribution in [0.25, 0.3) is 0 Å². The number of aliphatic imine (C=N–C) groups is 1. The van der Waals surface area contributed by atoms with Gasteiger partial charge in [-0.3, -0.25) is 4.90 Å². The number of hydrogen-bond donors (Lipinski definition) is 2. The molecule has 0 unspecified atom stereocenters. The Morgan fingerprint density at radius 2 is 1.69 bits per heavy atom. The van der Waals surface area contributed by atoms with Gasteiger partial charge in [0.05, 0.1) is 20.8 Å². The van der Waals surface area contributed by atoms with Crippen molar-refractivity contribution in [1.82, 2.24) is 15.5 Å². The molecule has 0 spiro atoms. The van der Waals surface area contributed by atoms with Gasteiger partial charge in [-0.15, -0.1) is 0 Å². The van der Waals surface area contributed by atoms with Gasteiger partial charge in [0.25, 0.3) is 0 Å². The van der Waals surface area contributed by atoms with Gasteiger partial charge >= 0.3 is 0 Å². The van der Waals surface area contributed by atoms with Crippen LogP contribution in [0.2, 0.25) is 0 Å². The molecule has 0 saturated carbocycles. The normalized spacial score (nSPS) is 12.0. The summed E-state index contributed by atoms with van der Waals surface area (Å²) in [4.78, 5) is 7.14. The van der Waals surface area contributed by atoms with Gasteiger partial charge in [0.1, 0.15) is 0 Å². The molecule has 6 heteroatoms. The van der Waals surface area contributed by atoms with Crippen LogP contribution in [0.5, 0.6) is 11.5 Å². The summed E-state index contributed by atoms with van der Waals surface area (Å²) in [5.41, 5.74) is 1.07. The summed E-state index contributed by atoms with van der Waals surface area (Å²) in [6.07, 6.45) is 0. The SMILES string of the molecule is CCNC(=NCc1ccc(OC)c(OC)c1)NCCN(C(C)C)C(C)C. The molecular formula is C20H36N4O2. The van der Waals surface area contributed by atoms with E-state index in [2.05, 4.69) is 55.1 Å². The molecule has 1 aromatic rings. The molecule has 1 rings (SSSR count). The third-order valence-corrected chi connectivity index (χ3v) is 4.20. The Hall–Kier alpha value is -1.95. The van der Waals surface area contributed by atoms with Crippen molar-refractivity contribution in [3.63, 3.8) is 0 Å². The molecule has 0 aliphatic rings. The second kappa shape index (κ2) is 11.6. The van der Waals surface area contributed by atoms with E-state index in [1.54, 1.807) is 14.2 Å². The molecule has 2 N–H and O–H groups in total. The van der Waals surface area contributed by atoms with Gasteiger partial charge in [-0.05, 0) is 52.3 Å². The van der Waals surface area contributed by atoms with Crippen LogP contribution in [0.15, 0.2) is 23.2 Å². The first kappa shape index (κ1) is 22.1. The van der Waals surface area contributed by atoms with Crippen molar-refractivity contribution in [1.29, 1.82) is 0 Å². The van der Waals surface area contributed by atoms with Gasteiger partial charge in [-0.25, -0.2) is 4.99 Å². The molecule has 1 aromatic carbocycles. The summed E-state index contributed by atoms with van der Waals surface area (Å²) in [6.45, 7) is 14.2. The van der Waals surface area contributed by atoms with Crippen molar-refractivity contribution in [2.75, 3.05) is 33.9 Å². The molecule has 0 amide bonds. The highest BCUT2D eigenvalue weighted by atomic mass is 16.5. The molecule has 0 radical (unpaired) electrons. The van der Waals surface area contributed by atoms with Gasteiger partial charge < -0.3 is 20.1 Å².